The van der Waals surface area contributed by atoms with Crippen molar-refractivity contribution in [3.05, 3.63) is 54.1 Å². The first kappa shape index (κ1) is 24.3. The molecule has 0 atom stereocenters. The van der Waals surface area contributed by atoms with E-state index >= 15 is 0 Å². The first-order chi connectivity index (χ1) is 14.3. The van der Waals surface area contributed by atoms with Gasteiger partial charge in [-0.25, -0.2) is 22.5 Å². The number of allylic oxidation sites excluding steroid dienone is 1. The molecule has 0 saturated heterocycles. The molecule has 0 aliphatic heterocycles. The molecule has 3 aromatic rings. The van der Waals surface area contributed by atoms with E-state index in [9.17, 15) is 18.1 Å². The number of ether oxygens (including phenoxy) is 1. The monoisotopic (exact) mass is 465 g/mol. The van der Waals surface area contributed by atoms with Gasteiger partial charge >= 0.3 is 0 Å². The molecule has 0 unspecified atom stereocenters. The summed E-state index contributed by atoms with van der Waals surface area (Å²) in [6.07, 6.45) is 2.72. The van der Waals surface area contributed by atoms with Gasteiger partial charge in [0, 0.05) is 17.7 Å². The number of benzene rings is 2. The Morgan fingerprint density at radius 2 is 2.10 bits per heavy atom. The standard InChI is InChI=1S/C20H20FN5O3S.ClH/c1-24-30(27,28)15-3-4-19(29-2)16(9-15)17-7-13(10-23)8-18-20(17)25-12-26(18)11-14(21)5-6-22;/h3-5,7-9,12,24H,6,11,22H2,1-2H3;1H/b14-5-;. The molecule has 2 aromatic carbocycles. The molecule has 0 spiro atoms. The first-order valence-electron chi connectivity index (χ1n) is 8.90. The number of nitrogens with zero attached hydrogens (tertiary/aromatic N) is 3. The zero-order chi connectivity index (χ0) is 21.9. The van der Waals surface area contributed by atoms with Gasteiger partial charge in [-0.05, 0) is 43.5 Å². The van der Waals surface area contributed by atoms with Gasteiger partial charge in [-0.15, -0.1) is 12.4 Å². The third-order valence-electron chi connectivity index (χ3n) is 4.56. The highest BCUT2D eigenvalue weighted by Gasteiger charge is 2.19. The molecule has 31 heavy (non-hydrogen) atoms. The topological polar surface area (TPSA) is 123 Å². The van der Waals surface area contributed by atoms with Crippen LogP contribution < -0.4 is 15.2 Å². The maximum absolute atomic E-state index is 14.0. The van der Waals surface area contributed by atoms with E-state index in [2.05, 4.69) is 15.8 Å². The number of halogens is 2. The van der Waals surface area contributed by atoms with Crippen LogP contribution in [0, 0.1) is 11.3 Å². The molecule has 1 aromatic heterocycles. The van der Waals surface area contributed by atoms with E-state index in [0.29, 0.717) is 33.5 Å². The van der Waals surface area contributed by atoms with Crippen LogP contribution in [-0.4, -0.2) is 38.7 Å². The lowest BCUT2D eigenvalue weighted by Crippen LogP contribution is -2.18. The largest absolute Gasteiger partial charge is 0.496 e. The molecule has 0 radical (unpaired) electrons. The van der Waals surface area contributed by atoms with Gasteiger partial charge in [0.2, 0.25) is 10.0 Å². The molecule has 8 nitrogen and oxygen atoms in total. The Labute approximate surface area is 185 Å². The Morgan fingerprint density at radius 3 is 2.71 bits per heavy atom. The van der Waals surface area contributed by atoms with Crippen molar-refractivity contribution in [2.75, 3.05) is 20.7 Å². The molecule has 3 N–H and O–H groups in total. The molecule has 0 fully saturated rings. The Bertz CT molecular complexity index is 1280. The van der Waals surface area contributed by atoms with E-state index in [0.717, 1.165) is 0 Å². The Balaban J connectivity index is 0.00000341. The number of fused-ring (bicyclic) bond motifs is 1. The SMILES string of the molecule is CNS(=O)(=O)c1ccc(OC)c(-c2cc(C#N)cc3c2ncn3C/C(F)=C/CN)c1.Cl. The molecule has 0 aliphatic rings. The van der Waals surface area contributed by atoms with Gasteiger partial charge < -0.3 is 15.0 Å². The van der Waals surface area contributed by atoms with Crippen LogP contribution in [-0.2, 0) is 16.6 Å². The van der Waals surface area contributed by atoms with Crippen LogP contribution >= 0.6 is 12.4 Å². The van der Waals surface area contributed by atoms with Crippen LogP contribution in [0.5, 0.6) is 5.75 Å². The number of hydrogen-bond donors (Lipinski definition) is 2. The Hall–Kier alpha value is -2.97. The lowest BCUT2D eigenvalue weighted by molar-refractivity contribution is 0.416. The summed E-state index contributed by atoms with van der Waals surface area (Å²) < 4.78 is 47.8. The highest BCUT2D eigenvalue weighted by molar-refractivity contribution is 7.89. The van der Waals surface area contributed by atoms with E-state index in [-0.39, 0.29) is 30.4 Å². The lowest BCUT2D eigenvalue weighted by Gasteiger charge is -2.13. The smallest absolute Gasteiger partial charge is 0.240 e. The van der Waals surface area contributed by atoms with Crippen molar-refractivity contribution in [2.45, 2.75) is 11.4 Å². The summed E-state index contributed by atoms with van der Waals surface area (Å²) in [4.78, 5) is 4.41. The van der Waals surface area contributed by atoms with Gasteiger partial charge in [-0.1, -0.05) is 0 Å². The summed E-state index contributed by atoms with van der Waals surface area (Å²) in [5, 5.41) is 9.49. The maximum Gasteiger partial charge on any atom is 0.240 e. The molecular formula is C20H21ClFN5O3S. The van der Waals surface area contributed by atoms with Crippen molar-refractivity contribution in [1.29, 1.82) is 5.26 Å². The number of sulfonamides is 1. The normalized spacial score (nSPS) is 11.8. The van der Waals surface area contributed by atoms with Crippen molar-refractivity contribution in [2.24, 2.45) is 5.73 Å². The predicted molar refractivity (Wildman–Crippen MR) is 118 cm³/mol. The fourth-order valence-corrected chi connectivity index (χ4v) is 3.85. The summed E-state index contributed by atoms with van der Waals surface area (Å²) in [6.45, 7) is -0.0234. The number of nitrogens with one attached hydrogen (secondary N) is 1. The molecule has 1 heterocycles. The summed E-state index contributed by atoms with van der Waals surface area (Å²) in [5.74, 6) is -0.0226. The first-order valence-corrected chi connectivity index (χ1v) is 10.4. The summed E-state index contributed by atoms with van der Waals surface area (Å²) in [5.41, 5.74) is 7.61. The summed E-state index contributed by atoms with van der Waals surface area (Å²) in [6, 6.07) is 9.68. The van der Waals surface area contributed by atoms with Crippen LogP contribution in [0.1, 0.15) is 5.56 Å². The number of hydrogen-bond acceptors (Lipinski definition) is 6. The second kappa shape index (κ2) is 9.89. The van der Waals surface area contributed by atoms with Crippen molar-refractivity contribution < 1.29 is 17.5 Å². The third-order valence-corrected chi connectivity index (χ3v) is 5.97. The van der Waals surface area contributed by atoms with Crippen LogP contribution in [0.2, 0.25) is 0 Å². The molecule has 0 bridgehead atoms. The number of rotatable bonds is 7. The summed E-state index contributed by atoms with van der Waals surface area (Å²) >= 11 is 0. The molecule has 0 aliphatic carbocycles. The highest BCUT2D eigenvalue weighted by atomic mass is 35.5. The van der Waals surface area contributed by atoms with E-state index in [4.69, 9.17) is 10.5 Å². The van der Waals surface area contributed by atoms with Gasteiger partial charge in [0.05, 0.1) is 47.5 Å². The van der Waals surface area contributed by atoms with Crippen LogP contribution in [0.15, 0.2) is 53.5 Å². The fraction of sp³-hybridized carbons (Fsp3) is 0.200. The van der Waals surface area contributed by atoms with Crippen molar-refractivity contribution in [1.82, 2.24) is 14.3 Å². The number of methoxy groups -OCH3 is 1. The van der Waals surface area contributed by atoms with Gasteiger partial charge in [0.25, 0.3) is 0 Å². The highest BCUT2D eigenvalue weighted by Crippen LogP contribution is 2.37. The van der Waals surface area contributed by atoms with Gasteiger partial charge in [0.1, 0.15) is 11.6 Å². The van der Waals surface area contributed by atoms with Gasteiger partial charge in [0.15, 0.2) is 0 Å². The number of aromatic nitrogens is 2. The fourth-order valence-electron chi connectivity index (χ4n) is 3.10. The zero-order valence-corrected chi connectivity index (χ0v) is 18.4. The van der Waals surface area contributed by atoms with Crippen molar-refractivity contribution in [3.63, 3.8) is 0 Å². The summed E-state index contributed by atoms with van der Waals surface area (Å²) in [7, 11) is -0.926. The quantitative estimate of drug-likeness (QED) is 0.553. The molecule has 0 saturated carbocycles. The van der Waals surface area contributed by atoms with Crippen LogP contribution in [0.4, 0.5) is 4.39 Å². The van der Waals surface area contributed by atoms with E-state index in [1.165, 1.54) is 44.8 Å². The molecule has 0 amide bonds. The average Bonchev–Trinajstić information content (AvgIpc) is 3.15. The van der Waals surface area contributed by atoms with Crippen LogP contribution in [0.3, 0.4) is 0 Å². The van der Waals surface area contributed by atoms with Crippen molar-refractivity contribution >= 4 is 33.5 Å². The molecule has 11 heteroatoms. The third kappa shape index (κ3) is 4.86. The number of nitriles is 1. The zero-order valence-electron chi connectivity index (χ0n) is 16.8. The minimum Gasteiger partial charge on any atom is -0.496 e. The molecule has 3 rings (SSSR count). The van der Waals surface area contributed by atoms with Gasteiger partial charge in [-0.2, -0.15) is 5.26 Å². The average molecular weight is 466 g/mol. The van der Waals surface area contributed by atoms with E-state index < -0.39 is 15.9 Å². The minimum absolute atomic E-state index is 0. The maximum atomic E-state index is 14.0. The number of nitrogens with two attached hydrogens (primary N) is 1. The van der Waals surface area contributed by atoms with Gasteiger partial charge in [-0.3, -0.25) is 0 Å². The molecular weight excluding hydrogens is 445 g/mol. The lowest BCUT2D eigenvalue weighted by atomic mass is 10.0. The number of imidazole rings is 1. The Morgan fingerprint density at radius 1 is 1.35 bits per heavy atom. The second-order valence-electron chi connectivity index (χ2n) is 6.33. The minimum atomic E-state index is -3.70. The second-order valence-corrected chi connectivity index (χ2v) is 8.22. The molecule has 164 valence electrons. The predicted octanol–water partition coefficient (Wildman–Crippen LogP) is 2.73. The van der Waals surface area contributed by atoms with Crippen LogP contribution in [0.25, 0.3) is 22.2 Å². The Kier molecular flexibility index (Phi) is 7.75. The van der Waals surface area contributed by atoms with E-state index in [1.54, 1.807) is 16.7 Å². The van der Waals surface area contributed by atoms with Crippen molar-refractivity contribution in [3.8, 4) is 22.9 Å². The van der Waals surface area contributed by atoms with E-state index in [1.807, 2.05) is 0 Å².